The first-order valence-electron chi connectivity index (χ1n) is 8.64. The number of piperidine rings is 1. The van der Waals surface area contributed by atoms with Gasteiger partial charge in [0.2, 0.25) is 10.0 Å². The summed E-state index contributed by atoms with van der Waals surface area (Å²) in [5.41, 5.74) is 1.84. The van der Waals surface area contributed by atoms with Gasteiger partial charge in [0.1, 0.15) is 16.5 Å². The van der Waals surface area contributed by atoms with Crippen molar-refractivity contribution >= 4 is 15.7 Å². The van der Waals surface area contributed by atoms with Gasteiger partial charge < -0.3 is 4.90 Å². The maximum absolute atomic E-state index is 14.0. The predicted molar refractivity (Wildman–Crippen MR) is 97.5 cm³/mol. The number of para-hydroxylation sites is 1. The lowest BCUT2D eigenvalue weighted by Gasteiger charge is -2.31. The van der Waals surface area contributed by atoms with E-state index in [0.717, 1.165) is 59.7 Å². The summed E-state index contributed by atoms with van der Waals surface area (Å²) in [5.74, 6) is -1.74. The van der Waals surface area contributed by atoms with E-state index in [1.54, 1.807) is 0 Å². The number of sulfonamides is 1. The summed E-state index contributed by atoms with van der Waals surface area (Å²) in [7, 11) is -2.76. The van der Waals surface area contributed by atoms with E-state index in [4.69, 9.17) is 0 Å². The summed E-state index contributed by atoms with van der Waals surface area (Å²) >= 11 is 0. The molecule has 7 heteroatoms. The molecule has 26 heavy (non-hydrogen) atoms. The molecule has 0 radical (unpaired) electrons. The molecule has 4 nitrogen and oxygen atoms in total. The van der Waals surface area contributed by atoms with Crippen molar-refractivity contribution in [2.45, 2.75) is 30.7 Å². The van der Waals surface area contributed by atoms with Gasteiger partial charge in [-0.1, -0.05) is 18.2 Å². The summed E-state index contributed by atoms with van der Waals surface area (Å²) < 4.78 is 53.8. The van der Waals surface area contributed by atoms with Crippen molar-refractivity contribution in [3.8, 4) is 0 Å². The van der Waals surface area contributed by atoms with Gasteiger partial charge in [-0.15, -0.1) is 0 Å². The minimum absolute atomic E-state index is 0.0883. The molecule has 0 amide bonds. The van der Waals surface area contributed by atoms with E-state index in [1.807, 2.05) is 24.3 Å². The molecule has 0 N–H and O–H groups in total. The van der Waals surface area contributed by atoms with Gasteiger partial charge in [0.15, 0.2) is 0 Å². The quantitative estimate of drug-likeness (QED) is 0.793. The highest BCUT2D eigenvalue weighted by atomic mass is 32.2. The molecular weight excluding hydrogens is 358 g/mol. The van der Waals surface area contributed by atoms with Crippen LogP contribution in [0.15, 0.2) is 47.4 Å². The van der Waals surface area contributed by atoms with E-state index >= 15 is 0 Å². The fourth-order valence-electron chi connectivity index (χ4n) is 3.26. The molecule has 1 aliphatic heterocycles. The molecule has 2 aromatic rings. The Labute approximate surface area is 153 Å². The molecule has 1 saturated heterocycles. The fraction of sp³-hybridized carbons (Fsp3) is 0.368. The van der Waals surface area contributed by atoms with Crippen LogP contribution in [-0.2, 0) is 16.6 Å². The van der Waals surface area contributed by atoms with Crippen LogP contribution in [0.4, 0.5) is 14.5 Å². The van der Waals surface area contributed by atoms with Gasteiger partial charge in [-0.2, -0.15) is 4.31 Å². The molecule has 0 saturated carbocycles. The topological polar surface area (TPSA) is 40.6 Å². The van der Waals surface area contributed by atoms with Crippen LogP contribution in [0.5, 0.6) is 0 Å². The van der Waals surface area contributed by atoms with Crippen molar-refractivity contribution in [1.29, 1.82) is 0 Å². The molecule has 0 bridgehead atoms. The lowest BCUT2D eigenvalue weighted by molar-refractivity contribution is 0.457. The normalized spacial score (nSPS) is 15.5. The third-order valence-electron chi connectivity index (χ3n) is 4.66. The number of benzene rings is 2. The molecule has 140 valence electrons. The van der Waals surface area contributed by atoms with Crippen molar-refractivity contribution in [2.75, 3.05) is 25.0 Å². The first-order chi connectivity index (χ1) is 12.4. The molecule has 1 aliphatic rings. The van der Waals surface area contributed by atoms with Gasteiger partial charge in [0.05, 0.1) is 0 Å². The van der Waals surface area contributed by atoms with Crippen molar-refractivity contribution in [3.63, 3.8) is 0 Å². The number of hydrogen-bond acceptors (Lipinski definition) is 3. The molecule has 1 fully saturated rings. The van der Waals surface area contributed by atoms with Crippen molar-refractivity contribution < 1.29 is 17.2 Å². The lowest BCUT2D eigenvalue weighted by atomic mass is 10.1. The maximum Gasteiger partial charge on any atom is 0.246 e. The highest BCUT2D eigenvalue weighted by Crippen LogP contribution is 2.27. The van der Waals surface area contributed by atoms with Crippen LogP contribution >= 0.6 is 0 Å². The zero-order valence-electron chi connectivity index (χ0n) is 14.7. The summed E-state index contributed by atoms with van der Waals surface area (Å²) in [5, 5.41) is 0. The standard InChI is InChI=1S/C19H22F2N2O2S/c1-22(26(24,25)19-13-16(20)9-10-17(19)21)14-15-7-3-4-8-18(15)23-11-5-2-6-12-23/h3-4,7-10,13H,2,5-6,11-12,14H2,1H3. The van der Waals surface area contributed by atoms with Gasteiger partial charge in [0.25, 0.3) is 0 Å². The monoisotopic (exact) mass is 380 g/mol. The average Bonchev–Trinajstić information content (AvgIpc) is 2.64. The molecule has 0 unspecified atom stereocenters. The van der Waals surface area contributed by atoms with Crippen LogP contribution < -0.4 is 4.90 Å². The SMILES string of the molecule is CN(Cc1ccccc1N1CCCCC1)S(=O)(=O)c1cc(F)ccc1F. The van der Waals surface area contributed by atoms with Gasteiger partial charge >= 0.3 is 0 Å². The first kappa shape index (κ1) is 18.8. The van der Waals surface area contributed by atoms with E-state index < -0.39 is 26.6 Å². The zero-order chi connectivity index (χ0) is 18.7. The molecule has 0 atom stereocenters. The average molecular weight is 380 g/mol. The van der Waals surface area contributed by atoms with Gasteiger partial charge in [-0.05, 0) is 49.1 Å². The third kappa shape index (κ3) is 3.88. The Balaban J connectivity index is 1.88. The summed E-state index contributed by atoms with van der Waals surface area (Å²) in [6.45, 7) is 1.96. The second-order valence-electron chi connectivity index (χ2n) is 6.51. The Kier molecular flexibility index (Phi) is 5.58. The van der Waals surface area contributed by atoms with Gasteiger partial charge in [0, 0.05) is 32.4 Å². The Hall–Kier alpha value is -1.99. The number of nitrogens with zero attached hydrogens (tertiary/aromatic N) is 2. The zero-order valence-corrected chi connectivity index (χ0v) is 15.5. The Morgan fingerprint density at radius 2 is 1.73 bits per heavy atom. The third-order valence-corrected chi connectivity index (χ3v) is 6.48. The number of rotatable bonds is 5. The smallest absolute Gasteiger partial charge is 0.246 e. The fourth-order valence-corrected chi connectivity index (χ4v) is 4.48. The Bertz CT molecular complexity index is 881. The van der Waals surface area contributed by atoms with Crippen LogP contribution in [0, 0.1) is 11.6 Å². The molecule has 0 spiro atoms. The van der Waals surface area contributed by atoms with Crippen LogP contribution in [0.2, 0.25) is 0 Å². The number of anilines is 1. The van der Waals surface area contributed by atoms with Crippen molar-refractivity contribution in [1.82, 2.24) is 4.31 Å². The second kappa shape index (κ2) is 7.72. The highest BCUT2D eigenvalue weighted by Gasteiger charge is 2.26. The Morgan fingerprint density at radius 3 is 2.46 bits per heavy atom. The Morgan fingerprint density at radius 1 is 1.04 bits per heavy atom. The minimum atomic E-state index is -4.14. The molecule has 0 aromatic heterocycles. The molecule has 3 rings (SSSR count). The summed E-state index contributed by atoms with van der Waals surface area (Å²) in [4.78, 5) is 1.61. The number of halogens is 2. The van der Waals surface area contributed by atoms with Crippen molar-refractivity contribution in [2.24, 2.45) is 0 Å². The van der Waals surface area contributed by atoms with Crippen molar-refractivity contribution in [3.05, 3.63) is 59.7 Å². The summed E-state index contributed by atoms with van der Waals surface area (Å²) in [6.07, 6.45) is 3.42. The van der Waals surface area contributed by atoms with E-state index in [2.05, 4.69) is 4.90 Å². The largest absolute Gasteiger partial charge is 0.371 e. The van der Waals surface area contributed by atoms with Gasteiger partial charge in [-0.25, -0.2) is 17.2 Å². The minimum Gasteiger partial charge on any atom is -0.371 e. The molecule has 0 aliphatic carbocycles. The molecule has 2 aromatic carbocycles. The first-order valence-corrected chi connectivity index (χ1v) is 10.1. The molecule has 1 heterocycles. The van der Waals surface area contributed by atoms with Crippen LogP contribution in [0.3, 0.4) is 0 Å². The summed E-state index contributed by atoms with van der Waals surface area (Å²) in [6, 6.07) is 10.1. The van der Waals surface area contributed by atoms with E-state index in [9.17, 15) is 17.2 Å². The second-order valence-corrected chi connectivity index (χ2v) is 8.53. The van der Waals surface area contributed by atoms with E-state index in [1.165, 1.54) is 13.5 Å². The van der Waals surface area contributed by atoms with Crippen LogP contribution in [0.25, 0.3) is 0 Å². The maximum atomic E-state index is 14.0. The number of hydrogen-bond donors (Lipinski definition) is 0. The van der Waals surface area contributed by atoms with Gasteiger partial charge in [-0.3, -0.25) is 0 Å². The van der Waals surface area contributed by atoms with E-state index in [-0.39, 0.29) is 6.54 Å². The van der Waals surface area contributed by atoms with E-state index in [0.29, 0.717) is 0 Å². The highest BCUT2D eigenvalue weighted by molar-refractivity contribution is 7.89. The van der Waals surface area contributed by atoms with Crippen LogP contribution in [-0.4, -0.2) is 32.9 Å². The predicted octanol–water partition coefficient (Wildman–Crippen LogP) is 3.78. The molecular formula is C19H22F2N2O2S. The lowest BCUT2D eigenvalue weighted by Crippen LogP contribution is -2.32. The van der Waals surface area contributed by atoms with Crippen LogP contribution in [0.1, 0.15) is 24.8 Å².